The third kappa shape index (κ3) is 9.27. The van der Waals surface area contributed by atoms with Crippen LogP contribution >= 0.6 is 12.6 Å². The van der Waals surface area contributed by atoms with Gasteiger partial charge in [-0.05, 0) is 72.9 Å². The first-order chi connectivity index (χ1) is 15.1. The molecule has 2 atom stereocenters. The molecule has 2 unspecified atom stereocenters. The molecule has 0 bridgehead atoms. The zero-order valence-corrected chi connectivity index (χ0v) is 22.4. The Morgan fingerprint density at radius 2 is 1.70 bits per heavy atom. The summed E-state index contributed by atoms with van der Waals surface area (Å²) in [5, 5.41) is 5.64. The van der Waals surface area contributed by atoms with Crippen molar-refractivity contribution in [2.45, 2.75) is 92.0 Å². The first-order valence-electron chi connectivity index (χ1n) is 11.4. The fourth-order valence-corrected chi connectivity index (χ4v) is 3.71. The molecule has 1 rings (SSSR count). The molecule has 0 fully saturated rings. The highest BCUT2D eigenvalue weighted by atomic mass is 32.1. The summed E-state index contributed by atoms with van der Waals surface area (Å²) in [6.45, 7) is 17.2. The molecule has 0 aliphatic heterocycles. The van der Waals surface area contributed by atoms with Gasteiger partial charge in [0.25, 0.3) is 0 Å². The summed E-state index contributed by atoms with van der Waals surface area (Å²) in [6, 6.07) is 4.04. The van der Waals surface area contributed by atoms with Crippen molar-refractivity contribution in [2.75, 3.05) is 12.3 Å². The second-order valence-corrected chi connectivity index (χ2v) is 10.8. The number of nitrogens with one attached hydrogen (secondary N) is 2. The van der Waals surface area contributed by atoms with E-state index < -0.39 is 29.3 Å². The quantitative estimate of drug-likeness (QED) is 0.485. The minimum absolute atomic E-state index is 0.0682. The maximum Gasteiger partial charge on any atom is 0.408 e. The van der Waals surface area contributed by atoms with E-state index in [4.69, 9.17) is 4.74 Å². The van der Waals surface area contributed by atoms with Gasteiger partial charge in [0, 0.05) is 17.8 Å². The average Bonchev–Trinajstić information content (AvgIpc) is 2.63. The smallest absolute Gasteiger partial charge is 0.408 e. The lowest BCUT2D eigenvalue weighted by Crippen LogP contribution is -2.55. The highest BCUT2D eigenvalue weighted by molar-refractivity contribution is 7.80. The van der Waals surface area contributed by atoms with Crippen molar-refractivity contribution in [1.29, 1.82) is 0 Å². The monoisotopic (exact) mass is 479 g/mol. The second kappa shape index (κ2) is 11.8. The molecule has 1 aromatic carbocycles. The van der Waals surface area contributed by atoms with Crippen LogP contribution in [0.1, 0.15) is 77.6 Å². The molecule has 0 radical (unpaired) electrons. The number of amides is 3. The number of aryl methyl sites for hydroxylation is 2. The van der Waals surface area contributed by atoms with Crippen molar-refractivity contribution in [3.05, 3.63) is 34.9 Å². The van der Waals surface area contributed by atoms with Gasteiger partial charge in [-0.1, -0.05) is 30.7 Å². The molecule has 0 aromatic heterocycles. The van der Waals surface area contributed by atoms with Gasteiger partial charge in [-0.15, -0.1) is 0 Å². The lowest BCUT2D eigenvalue weighted by molar-refractivity contribution is -0.142. The van der Waals surface area contributed by atoms with Crippen LogP contribution in [0.15, 0.2) is 18.2 Å². The summed E-state index contributed by atoms with van der Waals surface area (Å²) in [6.07, 6.45) is -0.0599. The molecule has 0 heterocycles. The summed E-state index contributed by atoms with van der Waals surface area (Å²) < 4.78 is 5.32. The Bertz CT molecular complexity index is 843. The Balaban J connectivity index is 3.42. The number of nitrogens with zero attached hydrogens (tertiary/aromatic N) is 1. The maximum atomic E-state index is 13.7. The van der Waals surface area contributed by atoms with Crippen LogP contribution in [0.3, 0.4) is 0 Å². The third-order valence-corrected chi connectivity index (χ3v) is 5.06. The third-order valence-electron chi connectivity index (χ3n) is 4.70. The van der Waals surface area contributed by atoms with E-state index in [0.29, 0.717) is 13.0 Å². The number of benzene rings is 1. The van der Waals surface area contributed by atoms with Crippen molar-refractivity contribution in [1.82, 2.24) is 15.5 Å². The summed E-state index contributed by atoms with van der Waals surface area (Å²) in [5.74, 6) is -0.586. The van der Waals surface area contributed by atoms with Gasteiger partial charge in [0.1, 0.15) is 17.7 Å². The van der Waals surface area contributed by atoms with Crippen molar-refractivity contribution in [3.8, 4) is 0 Å². The number of thiol groups is 1. The molecule has 0 spiro atoms. The Hall–Kier alpha value is -2.22. The Kier molecular flexibility index (Phi) is 10.3. The van der Waals surface area contributed by atoms with Crippen molar-refractivity contribution in [3.63, 3.8) is 0 Å². The number of hydrogen-bond donors (Lipinski definition) is 3. The average molecular weight is 480 g/mol. The van der Waals surface area contributed by atoms with Crippen LogP contribution in [-0.4, -0.2) is 52.3 Å². The van der Waals surface area contributed by atoms with Crippen LogP contribution in [0.2, 0.25) is 0 Å². The molecule has 2 N–H and O–H groups in total. The minimum atomic E-state index is -0.939. The zero-order valence-electron chi connectivity index (χ0n) is 21.5. The van der Waals surface area contributed by atoms with Gasteiger partial charge in [0.15, 0.2) is 0 Å². The predicted molar refractivity (Wildman–Crippen MR) is 136 cm³/mol. The summed E-state index contributed by atoms with van der Waals surface area (Å²) in [4.78, 5) is 41.0. The second-order valence-electron chi connectivity index (χ2n) is 10.4. The first-order valence-corrected chi connectivity index (χ1v) is 12.0. The summed E-state index contributed by atoms with van der Waals surface area (Å²) >= 11 is 4.30. The predicted octanol–water partition coefficient (Wildman–Crippen LogP) is 4.32. The van der Waals surface area contributed by atoms with E-state index in [-0.39, 0.29) is 17.6 Å². The number of alkyl carbamates (subject to hydrolysis) is 1. The summed E-state index contributed by atoms with van der Waals surface area (Å²) in [7, 11) is 0. The van der Waals surface area contributed by atoms with Crippen LogP contribution in [0.25, 0.3) is 0 Å². The number of carbonyl (C=O) groups is 3. The van der Waals surface area contributed by atoms with Crippen LogP contribution in [0, 0.1) is 13.8 Å². The molecular weight excluding hydrogens is 438 g/mol. The standard InChI is InChI=1S/C25H41N3O4S/c1-10-13-28(22(30)19(15-33)26-23(31)32-25(7,8)9)20(21(29)27-24(4,5)6)18-12-11-16(2)14-17(18)3/h11-12,14,19-20,33H,10,13,15H2,1-9H3,(H,26,31)(H,27,29). The molecular formula is C25H41N3O4S. The van der Waals surface area contributed by atoms with Gasteiger partial charge in [-0.2, -0.15) is 12.6 Å². The molecule has 3 amide bonds. The van der Waals surface area contributed by atoms with E-state index in [9.17, 15) is 14.4 Å². The van der Waals surface area contributed by atoms with Crippen LogP contribution < -0.4 is 10.6 Å². The van der Waals surface area contributed by atoms with Crippen LogP contribution in [0.5, 0.6) is 0 Å². The molecule has 8 heteroatoms. The molecule has 7 nitrogen and oxygen atoms in total. The van der Waals surface area contributed by atoms with Crippen LogP contribution in [0.4, 0.5) is 4.79 Å². The summed E-state index contributed by atoms with van der Waals surface area (Å²) in [5.41, 5.74) is 1.55. The number of carbonyl (C=O) groups excluding carboxylic acids is 3. The number of rotatable bonds is 8. The molecule has 1 aromatic rings. The van der Waals surface area contributed by atoms with Crippen molar-refractivity contribution in [2.24, 2.45) is 0 Å². The maximum absolute atomic E-state index is 13.7. The Morgan fingerprint density at radius 1 is 1.09 bits per heavy atom. The minimum Gasteiger partial charge on any atom is -0.444 e. The van der Waals surface area contributed by atoms with Gasteiger partial charge < -0.3 is 20.3 Å². The fourth-order valence-electron chi connectivity index (χ4n) is 3.46. The zero-order chi connectivity index (χ0) is 25.6. The van der Waals surface area contributed by atoms with Crippen LogP contribution in [-0.2, 0) is 14.3 Å². The highest BCUT2D eigenvalue weighted by Crippen LogP contribution is 2.27. The Labute approximate surface area is 204 Å². The largest absolute Gasteiger partial charge is 0.444 e. The normalized spacial score (nSPS) is 13.6. The molecule has 0 saturated carbocycles. The number of hydrogen-bond acceptors (Lipinski definition) is 5. The van der Waals surface area contributed by atoms with Crippen molar-refractivity contribution < 1.29 is 19.1 Å². The van der Waals surface area contributed by atoms with E-state index in [1.165, 1.54) is 4.90 Å². The van der Waals surface area contributed by atoms with E-state index in [1.807, 2.05) is 59.7 Å². The first kappa shape index (κ1) is 28.8. The topological polar surface area (TPSA) is 87.7 Å². The Morgan fingerprint density at radius 3 is 2.15 bits per heavy atom. The lowest BCUT2D eigenvalue weighted by atomic mass is 9.95. The van der Waals surface area contributed by atoms with Gasteiger partial charge >= 0.3 is 6.09 Å². The molecule has 33 heavy (non-hydrogen) atoms. The van der Waals surface area contributed by atoms with E-state index in [0.717, 1.165) is 16.7 Å². The van der Waals surface area contributed by atoms with E-state index in [2.05, 4.69) is 23.3 Å². The van der Waals surface area contributed by atoms with Gasteiger partial charge in [-0.3, -0.25) is 9.59 Å². The molecule has 186 valence electrons. The molecule has 0 aliphatic rings. The van der Waals surface area contributed by atoms with Crippen molar-refractivity contribution >= 4 is 30.5 Å². The van der Waals surface area contributed by atoms with Gasteiger partial charge in [0.05, 0.1) is 0 Å². The SMILES string of the molecule is CCCN(C(=O)C(CS)NC(=O)OC(C)(C)C)C(C(=O)NC(C)(C)C)c1ccc(C)cc1C. The van der Waals surface area contributed by atoms with E-state index in [1.54, 1.807) is 20.8 Å². The number of ether oxygens (including phenoxy) is 1. The van der Waals surface area contributed by atoms with E-state index >= 15 is 0 Å². The molecule has 0 saturated heterocycles. The van der Waals surface area contributed by atoms with Gasteiger partial charge in [0.2, 0.25) is 11.8 Å². The lowest BCUT2D eigenvalue weighted by Gasteiger charge is -2.36. The highest BCUT2D eigenvalue weighted by Gasteiger charge is 2.37. The fraction of sp³-hybridized carbons (Fsp3) is 0.640. The van der Waals surface area contributed by atoms with Gasteiger partial charge in [-0.25, -0.2) is 4.79 Å². The molecule has 0 aliphatic carbocycles.